The van der Waals surface area contributed by atoms with Crippen molar-refractivity contribution in [2.45, 2.75) is 56.7 Å². The van der Waals surface area contributed by atoms with E-state index in [-0.39, 0.29) is 18.4 Å². The number of nitrogens with two attached hydrogens (primary N) is 1. The van der Waals surface area contributed by atoms with Crippen molar-refractivity contribution in [1.82, 2.24) is 10.6 Å². The normalized spacial score (nSPS) is 18.2. The van der Waals surface area contributed by atoms with Crippen LogP contribution in [-0.2, 0) is 20.8 Å². The van der Waals surface area contributed by atoms with Crippen molar-refractivity contribution in [2.75, 3.05) is 13.1 Å². The fraction of sp³-hybridized carbons (Fsp3) is 0.550. The number of nitrogens with one attached hydrogen (secondary N) is 2. The fourth-order valence-electron chi connectivity index (χ4n) is 3.40. The number of carboxylic acid groups (broad SMARTS) is 1. The molecule has 0 spiro atoms. The Labute approximate surface area is 165 Å². The minimum Gasteiger partial charge on any atom is -0.548 e. The van der Waals surface area contributed by atoms with Crippen molar-refractivity contribution in [3.8, 4) is 0 Å². The van der Waals surface area contributed by atoms with Crippen LogP contribution in [0, 0.1) is 0 Å². The van der Waals surface area contributed by atoms with E-state index in [2.05, 4.69) is 16.4 Å². The van der Waals surface area contributed by atoms with Crippen LogP contribution >= 0.6 is 0 Å². The van der Waals surface area contributed by atoms with Crippen molar-refractivity contribution in [1.29, 1.82) is 0 Å². The van der Waals surface area contributed by atoms with Gasteiger partial charge >= 0.3 is 0 Å². The second-order valence-electron chi connectivity index (χ2n) is 7.25. The summed E-state index contributed by atoms with van der Waals surface area (Å²) in [5, 5.41) is 18.7. The molecule has 2 amide bonds. The van der Waals surface area contributed by atoms with Gasteiger partial charge in [-0.1, -0.05) is 30.3 Å². The number of carbonyl (C=O) groups is 3. The third-order valence-electron chi connectivity index (χ3n) is 5.02. The number of carbonyl (C=O) groups excluding carboxylic acids is 3. The van der Waals surface area contributed by atoms with E-state index in [1.165, 1.54) is 0 Å². The zero-order chi connectivity index (χ0) is 20.4. The van der Waals surface area contributed by atoms with Gasteiger partial charge in [-0.3, -0.25) is 9.59 Å². The van der Waals surface area contributed by atoms with Crippen molar-refractivity contribution in [2.24, 2.45) is 0 Å². The number of unbranched alkanes of at least 4 members (excludes halogenated alkanes) is 1. The lowest BCUT2D eigenvalue weighted by Gasteiger charge is -2.24. The first-order valence-corrected chi connectivity index (χ1v) is 9.99. The van der Waals surface area contributed by atoms with E-state index in [0.717, 1.165) is 31.4 Å². The first kappa shape index (κ1) is 21.8. The van der Waals surface area contributed by atoms with Crippen LogP contribution in [0.2, 0.25) is 0 Å². The standard InChI is InChI=1S/C20H30N4O4/c21-11-5-4-9-16(20(27)28)23-19(26)17(13-14-7-2-1-3-8-14)24-18(25)15-10-6-12-22-15/h1-3,7-8,15-17,22H,4-6,9-13,21H2,(H,23,26)(H,24,25)(H,27,28)/p+1/t15-,16-,17-/m0/s1. The molecule has 28 heavy (non-hydrogen) atoms. The molecule has 0 saturated carbocycles. The van der Waals surface area contributed by atoms with Gasteiger partial charge in [0.05, 0.1) is 25.1 Å². The van der Waals surface area contributed by atoms with Gasteiger partial charge in [0.2, 0.25) is 5.91 Å². The lowest BCUT2D eigenvalue weighted by Crippen LogP contribution is -2.89. The summed E-state index contributed by atoms with van der Waals surface area (Å²) < 4.78 is 0. The number of hydrogen-bond donors (Lipinski definition) is 4. The zero-order valence-corrected chi connectivity index (χ0v) is 16.2. The van der Waals surface area contributed by atoms with Crippen molar-refractivity contribution < 1.29 is 30.5 Å². The van der Waals surface area contributed by atoms with Gasteiger partial charge in [-0.2, -0.15) is 0 Å². The molecule has 2 rings (SSSR count). The van der Waals surface area contributed by atoms with E-state index in [0.29, 0.717) is 19.4 Å². The molecule has 1 aliphatic heterocycles. The van der Waals surface area contributed by atoms with Gasteiger partial charge in [-0.25, -0.2) is 0 Å². The smallest absolute Gasteiger partial charge is 0.278 e. The minimum atomic E-state index is -1.31. The molecule has 0 unspecified atom stereocenters. The summed E-state index contributed by atoms with van der Waals surface area (Å²) in [7, 11) is 0. The van der Waals surface area contributed by atoms with Gasteiger partial charge < -0.3 is 31.6 Å². The van der Waals surface area contributed by atoms with Gasteiger partial charge in [0.15, 0.2) is 6.04 Å². The first-order chi connectivity index (χ1) is 13.5. The predicted octanol–water partition coefficient (Wildman–Crippen LogP) is -2.91. The second kappa shape index (κ2) is 11.4. The van der Waals surface area contributed by atoms with Crippen LogP contribution in [0.3, 0.4) is 0 Å². The molecule has 154 valence electrons. The molecule has 3 atom stereocenters. The Bertz CT molecular complexity index is 647. The van der Waals surface area contributed by atoms with Crippen LogP contribution in [-0.4, -0.2) is 49.0 Å². The van der Waals surface area contributed by atoms with Gasteiger partial charge in [-0.05, 0) is 24.8 Å². The SMILES string of the molecule is [NH3+]CCCC[C@H](NC(=O)[C@H](Cc1ccccc1)NC(=O)[C@@H]1CCC[NH2+]1)C(=O)[O-]. The van der Waals surface area contributed by atoms with Crippen molar-refractivity contribution in [3.05, 3.63) is 35.9 Å². The highest BCUT2D eigenvalue weighted by molar-refractivity contribution is 5.91. The first-order valence-electron chi connectivity index (χ1n) is 9.99. The Kier molecular flexibility index (Phi) is 8.90. The number of carboxylic acids is 1. The molecule has 1 aliphatic rings. The Morgan fingerprint density at radius 2 is 1.89 bits per heavy atom. The monoisotopic (exact) mass is 391 g/mol. The topological polar surface area (TPSA) is 143 Å². The lowest BCUT2D eigenvalue weighted by atomic mass is 10.0. The third kappa shape index (κ3) is 6.94. The number of rotatable bonds is 11. The molecule has 0 bridgehead atoms. The third-order valence-corrected chi connectivity index (χ3v) is 5.02. The molecule has 1 heterocycles. The summed E-state index contributed by atoms with van der Waals surface area (Å²) in [6, 6.07) is 7.24. The van der Waals surface area contributed by atoms with Gasteiger partial charge in [0.1, 0.15) is 6.04 Å². The Hall–Kier alpha value is -2.45. The Morgan fingerprint density at radius 1 is 1.14 bits per heavy atom. The van der Waals surface area contributed by atoms with Crippen LogP contribution in [0.25, 0.3) is 0 Å². The summed E-state index contributed by atoms with van der Waals surface area (Å²) in [6.07, 6.45) is 3.73. The fourth-order valence-corrected chi connectivity index (χ4v) is 3.40. The van der Waals surface area contributed by atoms with E-state index >= 15 is 0 Å². The number of quaternary nitrogens is 2. The van der Waals surface area contributed by atoms with E-state index < -0.39 is 24.0 Å². The van der Waals surface area contributed by atoms with Gasteiger partial charge in [-0.15, -0.1) is 0 Å². The molecule has 0 radical (unpaired) electrons. The van der Waals surface area contributed by atoms with Crippen molar-refractivity contribution in [3.63, 3.8) is 0 Å². The maximum Gasteiger partial charge on any atom is 0.278 e. The van der Waals surface area contributed by atoms with E-state index in [1.54, 1.807) is 0 Å². The average Bonchev–Trinajstić information content (AvgIpc) is 3.22. The predicted molar refractivity (Wildman–Crippen MR) is 100 cm³/mol. The molecule has 1 aromatic carbocycles. The molecule has 1 aromatic rings. The molecule has 1 fully saturated rings. The number of amides is 2. The Balaban J connectivity index is 2.05. The highest BCUT2D eigenvalue weighted by Crippen LogP contribution is 2.07. The van der Waals surface area contributed by atoms with Crippen LogP contribution < -0.4 is 26.8 Å². The summed E-state index contributed by atoms with van der Waals surface area (Å²) >= 11 is 0. The molecular formula is C20H31N4O4+. The highest BCUT2D eigenvalue weighted by Gasteiger charge is 2.31. The van der Waals surface area contributed by atoms with E-state index in [1.807, 2.05) is 35.6 Å². The van der Waals surface area contributed by atoms with Crippen LogP contribution in [0.15, 0.2) is 30.3 Å². The van der Waals surface area contributed by atoms with Crippen LogP contribution in [0.5, 0.6) is 0 Å². The number of hydrogen-bond acceptors (Lipinski definition) is 4. The van der Waals surface area contributed by atoms with Gasteiger partial charge in [0.25, 0.3) is 5.91 Å². The number of benzene rings is 1. The molecule has 1 saturated heterocycles. The van der Waals surface area contributed by atoms with E-state index in [9.17, 15) is 19.5 Å². The zero-order valence-electron chi connectivity index (χ0n) is 16.2. The van der Waals surface area contributed by atoms with Crippen molar-refractivity contribution >= 4 is 17.8 Å². The highest BCUT2D eigenvalue weighted by atomic mass is 16.4. The minimum absolute atomic E-state index is 0.185. The van der Waals surface area contributed by atoms with Gasteiger partial charge in [0, 0.05) is 19.3 Å². The number of aliphatic carboxylic acids is 1. The maximum atomic E-state index is 12.8. The largest absolute Gasteiger partial charge is 0.548 e. The summed E-state index contributed by atoms with van der Waals surface area (Å²) in [5.74, 6) is -2.00. The van der Waals surface area contributed by atoms with Crippen LogP contribution in [0.1, 0.15) is 37.7 Å². The van der Waals surface area contributed by atoms with Crippen LogP contribution in [0.4, 0.5) is 0 Å². The quantitative estimate of drug-likeness (QED) is 0.300. The molecular weight excluding hydrogens is 360 g/mol. The maximum absolute atomic E-state index is 12.8. The molecule has 0 aromatic heterocycles. The molecule has 8 nitrogen and oxygen atoms in total. The summed E-state index contributed by atoms with van der Waals surface area (Å²) in [5.41, 5.74) is 4.62. The second-order valence-corrected chi connectivity index (χ2v) is 7.25. The molecule has 8 heteroatoms. The summed E-state index contributed by atoms with van der Waals surface area (Å²) in [6.45, 7) is 1.60. The average molecular weight is 391 g/mol. The van der Waals surface area contributed by atoms with E-state index in [4.69, 9.17) is 0 Å². The molecule has 7 N–H and O–H groups in total. The Morgan fingerprint density at radius 3 is 2.50 bits per heavy atom. The summed E-state index contributed by atoms with van der Waals surface area (Å²) in [4.78, 5) is 36.7. The molecule has 0 aliphatic carbocycles. The lowest BCUT2D eigenvalue weighted by molar-refractivity contribution is -0.657.